The Morgan fingerprint density at radius 2 is 1.96 bits per heavy atom. The van der Waals surface area contributed by atoms with E-state index in [4.69, 9.17) is 11.6 Å². The van der Waals surface area contributed by atoms with E-state index in [1.165, 1.54) is 35.6 Å². The van der Waals surface area contributed by atoms with Crippen molar-refractivity contribution in [2.24, 2.45) is 5.10 Å². The maximum absolute atomic E-state index is 14.0. The number of benzene rings is 2. The van der Waals surface area contributed by atoms with Gasteiger partial charge in [-0.15, -0.1) is 0 Å². The predicted octanol–water partition coefficient (Wildman–Crippen LogP) is 3.22. The summed E-state index contributed by atoms with van der Waals surface area (Å²) in [5.41, 5.74) is 4.29. The number of amides is 1. The van der Waals surface area contributed by atoms with Crippen molar-refractivity contribution >= 4 is 23.8 Å². The van der Waals surface area contributed by atoms with E-state index in [-0.39, 0.29) is 34.9 Å². The van der Waals surface area contributed by atoms with E-state index in [0.717, 1.165) is 5.56 Å². The summed E-state index contributed by atoms with van der Waals surface area (Å²) < 4.78 is 27.1. The zero-order chi connectivity index (χ0) is 18.3. The van der Waals surface area contributed by atoms with Gasteiger partial charge in [0.2, 0.25) is 0 Å². The monoisotopic (exact) mass is 376 g/mol. The van der Waals surface area contributed by atoms with E-state index in [0.29, 0.717) is 6.42 Å². The fourth-order valence-electron chi connectivity index (χ4n) is 3.20. The number of halogens is 3. The van der Waals surface area contributed by atoms with Crippen LogP contribution in [0, 0.1) is 11.6 Å². The van der Waals surface area contributed by atoms with Crippen molar-refractivity contribution in [3.8, 4) is 0 Å². The van der Waals surface area contributed by atoms with Gasteiger partial charge >= 0.3 is 0 Å². The van der Waals surface area contributed by atoms with Gasteiger partial charge in [0.15, 0.2) is 0 Å². The summed E-state index contributed by atoms with van der Waals surface area (Å²) in [7, 11) is 0. The van der Waals surface area contributed by atoms with Crippen LogP contribution in [0.5, 0.6) is 0 Å². The number of nitrogens with one attached hydrogen (secondary N) is 1. The fourth-order valence-corrected chi connectivity index (χ4v) is 3.42. The third-order valence-corrected chi connectivity index (χ3v) is 4.95. The molecule has 0 aliphatic carbocycles. The van der Waals surface area contributed by atoms with Crippen LogP contribution in [0.1, 0.15) is 23.6 Å². The van der Waals surface area contributed by atoms with Crippen molar-refractivity contribution in [2.45, 2.75) is 25.0 Å². The first-order valence-corrected chi connectivity index (χ1v) is 8.49. The van der Waals surface area contributed by atoms with E-state index in [9.17, 15) is 13.6 Å². The van der Waals surface area contributed by atoms with Crippen LogP contribution < -0.4 is 5.43 Å². The van der Waals surface area contributed by atoms with Gasteiger partial charge in [0, 0.05) is 10.6 Å². The summed E-state index contributed by atoms with van der Waals surface area (Å²) >= 11 is 6.04. The van der Waals surface area contributed by atoms with Crippen LogP contribution in [-0.2, 0) is 11.3 Å². The molecule has 0 bridgehead atoms. The SMILES string of the molecule is O=C1C2CC(c3ccc(F)cc3)NN2C=NN1Cc1c(F)cccc1Cl. The molecule has 2 aliphatic rings. The van der Waals surface area contributed by atoms with Crippen LogP contribution in [0.15, 0.2) is 47.6 Å². The Balaban J connectivity index is 1.51. The molecule has 5 nitrogen and oxygen atoms in total. The molecule has 1 saturated heterocycles. The highest BCUT2D eigenvalue weighted by Gasteiger charge is 2.41. The lowest BCUT2D eigenvalue weighted by Gasteiger charge is -2.30. The van der Waals surface area contributed by atoms with E-state index in [1.807, 2.05) is 0 Å². The van der Waals surface area contributed by atoms with Crippen molar-refractivity contribution in [1.82, 2.24) is 15.4 Å². The highest BCUT2D eigenvalue weighted by atomic mass is 35.5. The number of hydrazine groups is 1. The molecular formula is C18H15ClF2N4O. The third kappa shape index (κ3) is 3.04. The molecule has 1 amide bonds. The van der Waals surface area contributed by atoms with Crippen LogP contribution in [-0.4, -0.2) is 28.3 Å². The summed E-state index contributed by atoms with van der Waals surface area (Å²) in [5.74, 6) is -1.03. The third-order valence-electron chi connectivity index (χ3n) is 4.60. The molecule has 8 heteroatoms. The lowest BCUT2D eigenvalue weighted by atomic mass is 10.0. The fraction of sp³-hybridized carbons (Fsp3) is 0.222. The molecule has 134 valence electrons. The van der Waals surface area contributed by atoms with Gasteiger partial charge in [0.1, 0.15) is 24.0 Å². The van der Waals surface area contributed by atoms with Gasteiger partial charge in [-0.3, -0.25) is 9.80 Å². The van der Waals surface area contributed by atoms with E-state index in [2.05, 4.69) is 10.5 Å². The zero-order valence-electron chi connectivity index (χ0n) is 13.6. The summed E-state index contributed by atoms with van der Waals surface area (Å²) in [6, 6.07) is 9.93. The molecule has 2 atom stereocenters. The number of hydrogen-bond donors (Lipinski definition) is 1. The Hall–Kier alpha value is -2.51. The Kier molecular flexibility index (Phi) is 4.34. The predicted molar refractivity (Wildman–Crippen MR) is 93.0 cm³/mol. The van der Waals surface area contributed by atoms with Gasteiger partial charge in [-0.05, 0) is 36.2 Å². The molecular weight excluding hydrogens is 362 g/mol. The van der Waals surface area contributed by atoms with Gasteiger partial charge in [0.05, 0.1) is 12.6 Å². The van der Waals surface area contributed by atoms with Crippen LogP contribution in [0.2, 0.25) is 5.02 Å². The van der Waals surface area contributed by atoms with Gasteiger partial charge in [-0.2, -0.15) is 5.10 Å². The summed E-state index contributed by atoms with van der Waals surface area (Å²) in [5, 5.41) is 7.22. The minimum Gasteiger partial charge on any atom is -0.283 e. The molecule has 4 rings (SSSR count). The highest BCUT2D eigenvalue weighted by molar-refractivity contribution is 6.31. The first kappa shape index (κ1) is 16.9. The average molecular weight is 377 g/mol. The molecule has 0 aromatic heterocycles. The number of rotatable bonds is 3. The number of hydrogen-bond acceptors (Lipinski definition) is 4. The lowest BCUT2D eigenvalue weighted by Crippen LogP contribution is -2.50. The van der Waals surface area contributed by atoms with Crippen molar-refractivity contribution in [3.05, 3.63) is 70.2 Å². The maximum atomic E-state index is 14.0. The molecule has 26 heavy (non-hydrogen) atoms. The van der Waals surface area contributed by atoms with Crippen LogP contribution >= 0.6 is 11.6 Å². The van der Waals surface area contributed by atoms with Gasteiger partial charge in [-0.25, -0.2) is 19.2 Å². The lowest BCUT2D eigenvalue weighted by molar-refractivity contribution is -0.137. The standard InChI is InChI=1S/C18H15ClF2N4O/c19-14-2-1-3-15(21)13(14)9-24-18(26)17-8-16(23-25(17)10-22-24)11-4-6-12(20)7-5-11/h1-7,10,16-17,23H,8-9H2. The Bertz CT molecular complexity index is 854. The largest absolute Gasteiger partial charge is 0.283 e. The molecule has 2 aromatic carbocycles. The molecule has 2 aromatic rings. The molecule has 0 saturated carbocycles. The first-order valence-electron chi connectivity index (χ1n) is 8.11. The average Bonchev–Trinajstić information content (AvgIpc) is 3.06. The van der Waals surface area contributed by atoms with E-state index in [1.54, 1.807) is 23.2 Å². The second kappa shape index (κ2) is 6.66. The molecule has 2 unspecified atom stereocenters. The maximum Gasteiger partial charge on any atom is 0.267 e. The minimum absolute atomic E-state index is 0.0353. The van der Waals surface area contributed by atoms with Crippen molar-refractivity contribution in [2.75, 3.05) is 0 Å². The number of carbonyl (C=O) groups is 1. The van der Waals surface area contributed by atoms with Crippen molar-refractivity contribution in [3.63, 3.8) is 0 Å². The number of fused-ring (bicyclic) bond motifs is 1. The van der Waals surface area contributed by atoms with Gasteiger partial charge < -0.3 is 0 Å². The molecule has 0 radical (unpaired) electrons. The van der Waals surface area contributed by atoms with Crippen LogP contribution in [0.3, 0.4) is 0 Å². The first-order chi connectivity index (χ1) is 12.5. The summed E-state index contributed by atoms with van der Waals surface area (Å²) in [4.78, 5) is 12.8. The molecule has 0 spiro atoms. The molecule has 2 aliphatic heterocycles. The van der Waals surface area contributed by atoms with E-state index < -0.39 is 11.9 Å². The minimum atomic E-state index is -0.475. The van der Waals surface area contributed by atoms with Gasteiger partial charge in [-0.1, -0.05) is 29.8 Å². The second-order valence-corrected chi connectivity index (χ2v) is 6.63. The normalized spacial score (nSPS) is 22.0. The number of hydrazone groups is 1. The number of carbonyl (C=O) groups excluding carboxylic acids is 1. The molecule has 1 fully saturated rings. The topological polar surface area (TPSA) is 47.9 Å². The Morgan fingerprint density at radius 1 is 1.19 bits per heavy atom. The Morgan fingerprint density at radius 3 is 2.69 bits per heavy atom. The summed E-state index contributed by atoms with van der Waals surface area (Å²) in [6.07, 6.45) is 2.00. The quantitative estimate of drug-likeness (QED) is 0.894. The smallest absolute Gasteiger partial charge is 0.267 e. The Labute approximate surface area is 153 Å². The number of nitrogens with zero attached hydrogens (tertiary/aromatic N) is 3. The van der Waals surface area contributed by atoms with Gasteiger partial charge in [0.25, 0.3) is 5.91 Å². The zero-order valence-corrected chi connectivity index (χ0v) is 14.3. The van der Waals surface area contributed by atoms with Crippen molar-refractivity contribution < 1.29 is 13.6 Å². The summed E-state index contributed by atoms with van der Waals surface area (Å²) in [6.45, 7) is -0.0353. The highest BCUT2D eigenvalue weighted by Crippen LogP contribution is 2.30. The van der Waals surface area contributed by atoms with Crippen LogP contribution in [0.25, 0.3) is 0 Å². The molecule has 2 heterocycles. The molecule has 1 N–H and O–H groups in total. The second-order valence-electron chi connectivity index (χ2n) is 6.22. The van der Waals surface area contributed by atoms with E-state index >= 15 is 0 Å². The van der Waals surface area contributed by atoms with Crippen LogP contribution in [0.4, 0.5) is 8.78 Å². The van der Waals surface area contributed by atoms with Crippen molar-refractivity contribution in [1.29, 1.82) is 0 Å².